The van der Waals surface area contributed by atoms with Gasteiger partial charge < -0.3 is 11.1 Å². The fraction of sp³-hybridized carbons (Fsp3) is 0.900. The Morgan fingerprint density at radius 1 is 1.38 bits per heavy atom. The van der Waals surface area contributed by atoms with Crippen molar-refractivity contribution in [2.24, 2.45) is 5.73 Å². The summed E-state index contributed by atoms with van der Waals surface area (Å²) in [7, 11) is -2.97. The predicted octanol–water partition coefficient (Wildman–Crippen LogP) is 0.0532. The Bertz CT molecular complexity index is 314. The Hall–Kier alpha value is -0.620. The molecule has 0 spiro atoms. The van der Waals surface area contributed by atoms with E-state index in [9.17, 15) is 13.2 Å². The molecule has 1 amide bonds. The largest absolute Gasteiger partial charge is 0.352 e. The molecule has 2 atom stereocenters. The second-order valence-corrected chi connectivity index (χ2v) is 6.48. The number of sulfone groups is 1. The Balaban J connectivity index is 3.96. The van der Waals surface area contributed by atoms with Gasteiger partial charge in [0.15, 0.2) is 0 Å². The van der Waals surface area contributed by atoms with Crippen LogP contribution in [0, 0.1) is 0 Å². The average molecular weight is 250 g/mol. The standard InChI is InChI=1S/C10H22N2O3S/c1-4-5-9(11)10(13)12-8(2)6-7-16(3,14)15/h8-9H,4-7,11H2,1-3H3,(H,12,13). The molecule has 0 aromatic rings. The summed E-state index contributed by atoms with van der Waals surface area (Å²) in [5.41, 5.74) is 5.63. The fourth-order valence-electron chi connectivity index (χ4n) is 1.26. The van der Waals surface area contributed by atoms with E-state index in [0.717, 1.165) is 6.42 Å². The summed E-state index contributed by atoms with van der Waals surface area (Å²) in [5, 5.41) is 2.71. The number of amides is 1. The molecule has 0 saturated heterocycles. The summed E-state index contributed by atoms with van der Waals surface area (Å²) in [6.45, 7) is 3.74. The summed E-state index contributed by atoms with van der Waals surface area (Å²) in [4.78, 5) is 11.5. The maximum absolute atomic E-state index is 11.5. The first kappa shape index (κ1) is 15.4. The SMILES string of the molecule is CCCC(N)C(=O)NC(C)CCS(C)(=O)=O. The van der Waals surface area contributed by atoms with Gasteiger partial charge in [-0.25, -0.2) is 8.42 Å². The first-order valence-electron chi connectivity index (χ1n) is 5.50. The highest BCUT2D eigenvalue weighted by Crippen LogP contribution is 1.98. The Morgan fingerprint density at radius 2 is 1.94 bits per heavy atom. The van der Waals surface area contributed by atoms with Gasteiger partial charge in [0.05, 0.1) is 11.8 Å². The van der Waals surface area contributed by atoms with Gasteiger partial charge >= 0.3 is 0 Å². The van der Waals surface area contributed by atoms with Crippen LogP contribution in [0.2, 0.25) is 0 Å². The van der Waals surface area contributed by atoms with Crippen molar-refractivity contribution in [3.05, 3.63) is 0 Å². The lowest BCUT2D eigenvalue weighted by Crippen LogP contribution is -2.44. The van der Waals surface area contributed by atoms with Gasteiger partial charge in [-0.2, -0.15) is 0 Å². The van der Waals surface area contributed by atoms with Crippen LogP contribution < -0.4 is 11.1 Å². The molecule has 0 aromatic carbocycles. The van der Waals surface area contributed by atoms with Crippen LogP contribution in [0.4, 0.5) is 0 Å². The molecule has 16 heavy (non-hydrogen) atoms. The smallest absolute Gasteiger partial charge is 0.237 e. The summed E-state index contributed by atoms with van der Waals surface area (Å²) < 4.78 is 21.8. The average Bonchev–Trinajstić information content (AvgIpc) is 2.14. The predicted molar refractivity (Wildman–Crippen MR) is 64.8 cm³/mol. The first-order chi connectivity index (χ1) is 7.26. The van der Waals surface area contributed by atoms with E-state index in [1.54, 1.807) is 6.92 Å². The van der Waals surface area contributed by atoms with Crippen LogP contribution in [0.25, 0.3) is 0 Å². The molecule has 0 fully saturated rings. The molecule has 0 rings (SSSR count). The molecule has 2 unspecified atom stereocenters. The topological polar surface area (TPSA) is 89.3 Å². The molecular formula is C10H22N2O3S. The molecule has 0 aromatic heterocycles. The number of nitrogens with two attached hydrogens (primary N) is 1. The van der Waals surface area contributed by atoms with Crippen LogP contribution in [0.5, 0.6) is 0 Å². The fourth-order valence-corrected chi connectivity index (χ4v) is 2.04. The van der Waals surface area contributed by atoms with E-state index in [1.165, 1.54) is 6.26 Å². The van der Waals surface area contributed by atoms with Crippen molar-refractivity contribution in [3.63, 3.8) is 0 Å². The van der Waals surface area contributed by atoms with Crippen LogP contribution >= 0.6 is 0 Å². The van der Waals surface area contributed by atoms with Crippen molar-refractivity contribution in [1.82, 2.24) is 5.32 Å². The molecular weight excluding hydrogens is 228 g/mol. The maximum atomic E-state index is 11.5. The highest BCUT2D eigenvalue weighted by atomic mass is 32.2. The second-order valence-electron chi connectivity index (χ2n) is 4.22. The first-order valence-corrected chi connectivity index (χ1v) is 7.56. The number of hydrogen-bond acceptors (Lipinski definition) is 4. The van der Waals surface area contributed by atoms with Crippen molar-refractivity contribution in [1.29, 1.82) is 0 Å². The van der Waals surface area contributed by atoms with Crippen molar-refractivity contribution < 1.29 is 13.2 Å². The number of carbonyl (C=O) groups is 1. The van der Waals surface area contributed by atoms with Crippen molar-refractivity contribution >= 4 is 15.7 Å². The summed E-state index contributed by atoms with van der Waals surface area (Å²) in [6, 6.07) is -0.657. The number of nitrogens with one attached hydrogen (secondary N) is 1. The minimum Gasteiger partial charge on any atom is -0.352 e. The third-order valence-electron chi connectivity index (χ3n) is 2.25. The number of hydrogen-bond donors (Lipinski definition) is 2. The second kappa shape index (κ2) is 6.85. The Morgan fingerprint density at radius 3 is 2.38 bits per heavy atom. The zero-order valence-electron chi connectivity index (χ0n) is 10.2. The monoisotopic (exact) mass is 250 g/mol. The van der Waals surface area contributed by atoms with E-state index < -0.39 is 15.9 Å². The van der Waals surface area contributed by atoms with Crippen LogP contribution in [0.15, 0.2) is 0 Å². The highest BCUT2D eigenvalue weighted by molar-refractivity contribution is 7.90. The molecule has 0 aliphatic carbocycles. The minimum atomic E-state index is -2.97. The van der Waals surface area contributed by atoms with E-state index in [-0.39, 0.29) is 17.7 Å². The van der Waals surface area contributed by atoms with Crippen LogP contribution in [0.3, 0.4) is 0 Å². The van der Waals surface area contributed by atoms with Crippen molar-refractivity contribution in [2.75, 3.05) is 12.0 Å². The van der Waals surface area contributed by atoms with Gasteiger partial charge in [-0.15, -0.1) is 0 Å². The third kappa shape index (κ3) is 7.64. The molecule has 6 heteroatoms. The number of rotatable bonds is 7. The molecule has 0 bridgehead atoms. The van der Waals surface area contributed by atoms with Gasteiger partial charge in [-0.1, -0.05) is 13.3 Å². The zero-order chi connectivity index (χ0) is 12.8. The summed E-state index contributed by atoms with van der Waals surface area (Å²) in [6.07, 6.45) is 3.10. The highest BCUT2D eigenvalue weighted by Gasteiger charge is 2.15. The van der Waals surface area contributed by atoms with Gasteiger partial charge in [0.2, 0.25) is 5.91 Å². The van der Waals surface area contributed by atoms with Gasteiger partial charge in [0.25, 0.3) is 0 Å². The zero-order valence-corrected chi connectivity index (χ0v) is 11.0. The normalized spacial score (nSPS) is 15.5. The quantitative estimate of drug-likeness (QED) is 0.668. The van der Waals surface area contributed by atoms with E-state index in [4.69, 9.17) is 5.73 Å². The molecule has 0 saturated carbocycles. The molecule has 3 N–H and O–H groups in total. The Kier molecular flexibility index (Phi) is 6.59. The minimum absolute atomic E-state index is 0.0808. The van der Waals surface area contributed by atoms with Crippen LogP contribution in [-0.4, -0.2) is 38.4 Å². The van der Waals surface area contributed by atoms with Gasteiger partial charge in [0.1, 0.15) is 9.84 Å². The van der Waals surface area contributed by atoms with E-state index in [1.807, 2.05) is 6.92 Å². The van der Waals surface area contributed by atoms with E-state index in [0.29, 0.717) is 12.8 Å². The van der Waals surface area contributed by atoms with E-state index in [2.05, 4.69) is 5.32 Å². The summed E-state index contributed by atoms with van der Waals surface area (Å²) >= 11 is 0. The molecule has 0 aliphatic rings. The lowest BCUT2D eigenvalue weighted by atomic mass is 10.1. The lowest BCUT2D eigenvalue weighted by molar-refractivity contribution is -0.123. The van der Waals surface area contributed by atoms with Crippen molar-refractivity contribution in [3.8, 4) is 0 Å². The van der Waals surface area contributed by atoms with Crippen LogP contribution in [-0.2, 0) is 14.6 Å². The molecule has 96 valence electrons. The molecule has 0 radical (unpaired) electrons. The molecule has 0 heterocycles. The lowest BCUT2D eigenvalue weighted by Gasteiger charge is -2.16. The van der Waals surface area contributed by atoms with E-state index >= 15 is 0 Å². The van der Waals surface area contributed by atoms with Gasteiger partial charge in [-0.05, 0) is 19.8 Å². The van der Waals surface area contributed by atoms with Gasteiger partial charge in [0, 0.05) is 12.3 Å². The molecule has 0 aliphatic heterocycles. The van der Waals surface area contributed by atoms with Gasteiger partial charge in [-0.3, -0.25) is 4.79 Å². The third-order valence-corrected chi connectivity index (χ3v) is 3.22. The van der Waals surface area contributed by atoms with Crippen molar-refractivity contribution in [2.45, 2.75) is 45.2 Å². The van der Waals surface area contributed by atoms with Crippen LogP contribution in [0.1, 0.15) is 33.1 Å². The molecule has 5 nitrogen and oxygen atoms in total. The Labute approximate surface area is 97.7 Å². The number of carbonyl (C=O) groups excluding carboxylic acids is 1. The maximum Gasteiger partial charge on any atom is 0.237 e. The summed E-state index contributed by atoms with van der Waals surface area (Å²) in [5.74, 6) is -0.125.